The summed E-state index contributed by atoms with van der Waals surface area (Å²) in [5.74, 6) is -0.939. The maximum Gasteiger partial charge on any atom is 0.433 e. The minimum atomic E-state index is -4.82. The lowest BCUT2D eigenvalue weighted by atomic mass is 9.98. The van der Waals surface area contributed by atoms with Crippen LogP contribution in [0.2, 0.25) is 0 Å². The molecule has 0 amide bonds. The molecule has 0 fully saturated rings. The summed E-state index contributed by atoms with van der Waals surface area (Å²) >= 11 is 0. The van der Waals surface area contributed by atoms with Crippen molar-refractivity contribution in [1.29, 1.82) is 0 Å². The summed E-state index contributed by atoms with van der Waals surface area (Å²) in [4.78, 5) is 0.0121. The Kier molecular flexibility index (Phi) is 6.42. The summed E-state index contributed by atoms with van der Waals surface area (Å²) in [6.45, 7) is -0.178. The van der Waals surface area contributed by atoms with Gasteiger partial charge in [-0.1, -0.05) is 48.5 Å². The molecule has 0 bridgehead atoms. The van der Waals surface area contributed by atoms with Gasteiger partial charge in [-0.3, -0.25) is 4.68 Å². The van der Waals surface area contributed by atoms with Crippen molar-refractivity contribution in [3.63, 3.8) is 0 Å². The Morgan fingerprint density at radius 2 is 1.57 bits per heavy atom. The van der Waals surface area contributed by atoms with Crippen molar-refractivity contribution in [2.45, 2.75) is 17.6 Å². The number of sulfone groups is 1. The fourth-order valence-corrected chi connectivity index (χ4v) is 4.41. The monoisotopic (exact) mass is 504 g/mol. The van der Waals surface area contributed by atoms with Crippen molar-refractivity contribution >= 4 is 9.84 Å². The van der Waals surface area contributed by atoms with Gasteiger partial charge < -0.3 is 4.74 Å². The van der Waals surface area contributed by atoms with Gasteiger partial charge in [-0.25, -0.2) is 12.8 Å². The van der Waals surface area contributed by atoms with Gasteiger partial charge in [0.2, 0.25) is 0 Å². The largest absolute Gasteiger partial charge is 0.494 e. The molecule has 1 aromatic heterocycles. The summed E-state index contributed by atoms with van der Waals surface area (Å²) < 4.78 is 87.3. The zero-order valence-electron chi connectivity index (χ0n) is 18.7. The third kappa shape index (κ3) is 5.07. The SMILES string of the molecule is COc1ccc(-c2c(-c3ccc(S(C)(=O)=O)cc3)nn(Cc3ccccc3)c2C(F)(F)F)cc1F. The van der Waals surface area contributed by atoms with Gasteiger partial charge in [0, 0.05) is 17.4 Å². The second-order valence-corrected chi connectivity index (χ2v) is 9.87. The van der Waals surface area contributed by atoms with Gasteiger partial charge in [-0.2, -0.15) is 18.3 Å². The molecule has 0 unspecified atom stereocenters. The van der Waals surface area contributed by atoms with Crippen molar-refractivity contribution in [2.75, 3.05) is 13.4 Å². The lowest BCUT2D eigenvalue weighted by Gasteiger charge is -2.14. The first-order valence-corrected chi connectivity index (χ1v) is 12.2. The molecule has 0 atom stereocenters. The van der Waals surface area contributed by atoms with Gasteiger partial charge in [0.25, 0.3) is 0 Å². The van der Waals surface area contributed by atoms with Crippen LogP contribution in [0.25, 0.3) is 22.4 Å². The van der Waals surface area contributed by atoms with Gasteiger partial charge in [0.1, 0.15) is 5.69 Å². The number of benzene rings is 3. The number of nitrogens with zero attached hydrogens (tertiary/aromatic N) is 2. The zero-order valence-corrected chi connectivity index (χ0v) is 19.5. The van der Waals surface area contributed by atoms with E-state index in [4.69, 9.17) is 4.74 Å². The van der Waals surface area contributed by atoms with Crippen LogP contribution in [0.4, 0.5) is 17.6 Å². The van der Waals surface area contributed by atoms with Crippen LogP contribution in [0.15, 0.2) is 77.7 Å². The second-order valence-electron chi connectivity index (χ2n) is 7.86. The summed E-state index contributed by atoms with van der Waals surface area (Å²) in [5, 5.41) is 4.28. The van der Waals surface area contributed by atoms with Gasteiger partial charge in [0.15, 0.2) is 27.1 Å². The predicted octanol–water partition coefficient (Wildman–Crippen LogP) is 5.84. The first kappa shape index (κ1) is 24.5. The first-order valence-electron chi connectivity index (χ1n) is 10.4. The van der Waals surface area contributed by atoms with Crippen LogP contribution < -0.4 is 4.74 Å². The highest BCUT2D eigenvalue weighted by atomic mass is 32.2. The molecule has 3 aromatic carbocycles. The topological polar surface area (TPSA) is 61.2 Å². The van der Waals surface area contributed by atoms with Crippen LogP contribution in [0, 0.1) is 5.82 Å². The minimum absolute atomic E-state index is 0.0121. The third-order valence-corrected chi connectivity index (χ3v) is 6.52. The molecule has 4 aromatic rings. The molecule has 0 aliphatic rings. The van der Waals surface area contributed by atoms with Crippen molar-refractivity contribution in [3.8, 4) is 28.1 Å². The lowest BCUT2D eigenvalue weighted by Crippen LogP contribution is -2.16. The average molecular weight is 505 g/mol. The van der Waals surface area contributed by atoms with Crippen LogP contribution in [0.5, 0.6) is 5.75 Å². The molecule has 0 spiro atoms. The number of rotatable bonds is 6. The van der Waals surface area contributed by atoms with Crippen LogP contribution in [-0.4, -0.2) is 31.6 Å². The number of hydrogen-bond donors (Lipinski definition) is 0. The Balaban J connectivity index is 1.99. The van der Waals surface area contributed by atoms with E-state index in [1.165, 1.54) is 43.5 Å². The lowest BCUT2D eigenvalue weighted by molar-refractivity contribution is -0.143. The smallest absolute Gasteiger partial charge is 0.433 e. The summed E-state index contributed by atoms with van der Waals surface area (Å²) in [6.07, 6.45) is -3.79. The molecule has 0 saturated carbocycles. The molecule has 0 aliphatic heterocycles. The number of hydrogen-bond acceptors (Lipinski definition) is 4. The number of aromatic nitrogens is 2. The molecule has 35 heavy (non-hydrogen) atoms. The quantitative estimate of drug-likeness (QED) is 0.310. The van der Waals surface area contributed by atoms with Crippen molar-refractivity contribution in [1.82, 2.24) is 9.78 Å². The summed E-state index contributed by atoms with van der Waals surface area (Å²) in [6, 6.07) is 17.4. The summed E-state index contributed by atoms with van der Waals surface area (Å²) in [7, 11) is -2.26. The van der Waals surface area contributed by atoms with E-state index in [1.807, 2.05) is 0 Å². The highest BCUT2D eigenvalue weighted by molar-refractivity contribution is 7.90. The highest BCUT2D eigenvalue weighted by Crippen LogP contribution is 2.43. The standard InChI is InChI=1S/C25H20F4N2O3S/c1-34-21-13-10-18(14-20(21)26)22-23(17-8-11-19(12-9-17)35(2,32)33)30-31(24(22)25(27,28)29)15-16-6-4-3-5-7-16/h3-14H,15H2,1-2H3. The molecular weight excluding hydrogens is 484 g/mol. The molecular formula is C25H20F4N2O3S. The van der Waals surface area contributed by atoms with E-state index in [0.29, 0.717) is 5.56 Å². The maximum absolute atomic E-state index is 14.5. The molecule has 4 rings (SSSR count). The molecule has 1 heterocycles. The fourth-order valence-electron chi connectivity index (χ4n) is 3.78. The molecule has 10 heteroatoms. The number of halogens is 4. The first-order chi connectivity index (χ1) is 16.5. The third-order valence-electron chi connectivity index (χ3n) is 5.39. The van der Waals surface area contributed by atoms with E-state index in [-0.39, 0.29) is 39.6 Å². The maximum atomic E-state index is 14.5. The molecule has 0 N–H and O–H groups in total. The number of methoxy groups -OCH3 is 1. The Morgan fingerprint density at radius 1 is 0.943 bits per heavy atom. The molecule has 182 valence electrons. The second kappa shape index (κ2) is 9.18. The Morgan fingerprint density at radius 3 is 2.11 bits per heavy atom. The van der Waals surface area contributed by atoms with Crippen LogP contribution in [0.1, 0.15) is 11.3 Å². The average Bonchev–Trinajstić information content (AvgIpc) is 3.19. The Bertz CT molecular complexity index is 1460. The number of alkyl halides is 3. The van der Waals surface area contributed by atoms with Crippen molar-refractivity contribution in [2.24, 2.45) is 0 Å². The molecule has 5 nitrogen and oxygen atoms in total. The predicted molar refractivity (Wildman–Crippen MR) is 123 cm³/mol. The normalized spacial score (nSPS) is 12.1. The Hall–Kier alpha value is -3.66. The molecule has 0 aliphatic carbocycles. The fraction of sp³-hybridized carbons (Fsp3) is 0.160. The molecule has 0 saturated heterocycles. The van der Waals surface area contributed by atoms with Crippen LogP contribution in [-0.2, 0) is 22.6 Å². The van der Waals surface area contributed by atoms with E-state index in [1.54, 1.807) is 30.3 Å². The van der Waals surface area contributed by atoms with E-state index < -0.39 is 27.5 Å². The van der Waals surface area contributed by atoms with Crippen LogP contribution in [0.3, 0.4) is 0 Å². The van der Waals surface area contributed by atoms with Crippen molar-refractivity contribution in [3.05, 3.63) is 89.9 Å². The van der Waals surface area contributed by atoms with Gasteiger partial charge in [0.05, 0.1) is 18.6 Å². The summed E-state index contributed by atoms with van der Waals surface area (Å²) in [5.41, 5.74) is -0.627. The van der Waals surface area contributed by atoms with Gasteiger partial charge in [-0.15, -0.1) is 0 Å². The van der Waals surface area contributed by atoms with E-state index in [2.05, 4.69) is 5.10 Å². The zero-order chi connectivity index (χ0) is 25.4. The molecule has 0 radical (unpaired) electrons. The van der Waals surface area contributed by atoms with E-state index in [0.717, 1.165) is 17.0 Å². The minimum Gasteiger partial charge on any atom is -0.494 e. The van der Waals surface area contributed by atoms with Gasteiger partial charge >= 0.3 is 6.18 Å². The van der Waals surface area contributed by atoms with Gasteiger partial charge in [-0.05, 0) is 35.4 Å². The highest BCUT2D eigenvalue weighted by Gasteiger charge is 2.41. The van der Waals surface area contributed by atoms with Crippen molar-refractivity contribution < 1.29 is 30.7 Å². The van der Waals surface area contributed by atoms with E-state index >= 15 is 0 Å². The van der Waals surface area contributed by atoms with Crippen LogP contribution >= 0.6 is 0 Å². The van der Waals surface area contributed by atoms with E-state index in [9.17, 15) is 26.0 Å². The Labute approximate surface area is 199 Å². The number of ether oxygens (including phenoxy) is 1.